The smallest absolute Gasteiger partial charge is 0.262 e. The molecule has 29 heavy (non-hydrogen) atoms. The Labute approximate surface area is 175 Å². The summed E-state index contributed by atoms with van der Waals surface area (Å²) >= 11 is 11.9. The van der Waals surface area contributed by atoms with Crippen LogP contribution in [0.25, 0.3) is 0 Å². The molecule has 1 aliphatic heterocycles. The summed E-state index contributed by atoms with van der Waals surface area (Å²) in [6.45, 7) is -0.201. The summed E-state index contributed by atoms with van der Waals surface area (Å²) in [6.07, 6.45) is 1.62. The first-order valence-corrected chi connectivity index (χ1v) is 9.41. The largest absolute Gasteiger partial charge is 0.484 e. The molecule has 1 aliphatic rings. The Kier molecular flexibility index (Phi) is 5.37. The Balaban J connectivity index is 1.43. The molecule has 0 saturated heterocycles. The van der Waals surface area contributed by atoms with Gasteiger partial charge in [-0.05, 0) is 35.9 Å². The van der Waals surface area contributed by atoms with Gasteiger partial charge in [0.05, 0.1) is 12.5 Å². The fraction of sp³-hybridized carbons (Fsp3) is 0.158. The number of fused-ring (bicyclic) bond motifs is 1. The van der Waals surface area contributed by atoms with E-state index < -0.39 is 0 Å². The Hall–Kier alpha value is -3.10. The lowest BCUT2D eigenvalue weighted by Gasteiger charge is -2.24. The highest BCUT2D eigenvalue weighted by atomic mass is 35.5. The first-order chi connectivity index (χ1) is 14.0. The van der Waals surface area contributed by atoms with Crippen molar-refractivity contribution in [2.75, 3.05) is 17.2 Å². The van der Waals surface area contributed by atoms with Crippen molar-refractivity contribution in [2.24, 2.45) is 0 Å². The lowest BCUT2D eigenvalue weighted by molar-refractivity contribution is -0.118. The van der Waals surface area contributed by atoms with Crippen LogP contribution in [0.15, 0.2) is 48.8 Å². The number of carbonyl (C=O) groups excluding carboxylic acids is 2. The summed E-state index contributed by atoms with van der Waals surface area (Å²) in [5.74, 6) is 0.400. The predicted molar refractivity (Wildman–Crippen MR) is 108 cm³/mol. The molecule has 2 aromatic carbocycles. The van der Waals surface area contributed by atoms with Crippen LogP contribution in [0.5, 0.6) is 5.75 Å². The molecule has 0 bridgehead atoms. The van der Waals surface area contributed by atoms with Gasteiger partial charge in [-0.2, -0.15) is 10.1 Å². The van der Waals surface area contributed by atoms with Crippen LogP contribution in [-0.2, 0) is 9.59 Å². The van der Waals surface area contributed by atoms with E-state index in [1.807, 2.05) is 6.07 Å². The minimum atomic E-state index is -0.357. The van der Waals surface area contributed by atoms with Crippen molar-refractivity contribution in [3.05, 3.63) is 64.4 Å². The molecule has 2 amide bonds. The van der Waals surface area contributed by atoms with E-state index in [-0.39, 0.29) is 30.9 Å². The zero-order valence-corrected chi connectivity index (χ0v) is 16.4. The second-order valence-electron chi connectivity index (χ2n) is 6.36. The highest BCUT2D eigenvalue weighted by molar-refractivity contribution is 6.35. The van der Waals surface area contributed by atoms with E-state index >= 15 is 0 Å². The summed E-state index contributed by atoms with van der Waals surface area (Å²) < 4.78 is 7.25. The van der Waals surface area contributed by atoms with Crippen LogP contribution in [0.3, 0.4) is 0 Å². The van der Waals surface area contributed by atoms with Crippen molar-refractivity contribution in [3.63, 3.8) is 0 Å². The summed E-state index contributed by atoms with van der Waals surface area (Å²) in [5.41, 5.74) is 1.31. The van der Waals surface area contributed by atoms with Gasteiger partial charge in [-0.25, -0.2) is 4.68 Å². The number of anilines is 2. The van der Waals surface area contributed by atoms with Crippen LogP contribution in [0.1, 0.15) is 18.0 Å². The van der Waals surface area contributed by atoms with Gasteiger partial charge in [-0.1, -0.05) is 35.3 Å². The van der Waals surface area contributed by atoms with E-state index in [0.717, 1.165) is 5.56 Å². The highest BCUT2D eigenvalue weighted by Crippen LogP contribution is 2.30. The normalized spacial score (nSPS) is 15.4. The van der Waals surface area contributed by atoms with Gasteiger partial charge in [0.15, 0.2) is 6.61 Å². The zero-order chi connectivity index (χ0) is 20.4. The quantitative estimate of drug-likeness (QED) is 0.643. The first-order valence-electron chi connectivity index (χ1n) is 8.66. The molecule has 4 rings (SSSR count). The third kappa shape index (κ3) is 4.49. The fourth-order valence-corrected chi connectivity index (χ4v) is 3.57. The van der Waals surface area contributed by atoms with Crippen molar-refractivity contribution in [1.82, 2.24) is 14.8 Å². The average molecular weight is 432 g/mol. The number of nitrogens with one attached hydrogen (secondary N) is 2. The van der Waals surface area contributed by atoms with Gasteiger partial charge in [0, 0.05) is 15.7 Å². The maximum absolute atomic E-state index is 12.2. The van der Waals surface area contributed by atoms with Crippen molar-refractivity contribution in [3.8, 4) is 5.75 Å². The number of ether oxygens (including phenoxy) is 1. The second-order valence-corrected chi connectivity index (χ2v) is 7.24. The fourth-order valence-electron chi connectivity index (χ4n) is 3.05. The predicted octanol–water partition coefficient (Wildman–Crippen LogP) is 3.53. The molecule has 0 spiro atoms. The molecule has 0 radical (unpaired) electrons. The third-order valence-corrected chi connectivity index (χ3v) is 4.69. The molecule has 3 aromatic rings. The minimum Gasteiger partial charge on any atom is -0.484 e. The maximum atomic E-state index is 12.2. The molecule has 2 heterocycles. The Morgan fingerprint density at radius 3 is 2.83 bits per heavy atom. The van der Waals surface area contributed by atoms with Crippen LogP contribution >= 0.6 is 23.2 Å². The van der Waals surface area contributed by atoms with Gasteiger partial charge < -0.3 is 10.1 Å². The molecule has 0 fully saturated rings. The molecule has 0 saturated carbocycles. The molecule has 10 heteroatoms. The average Bonchev–Trinajstić information content (AvgIpc) is 3.13. The van der Waals surface area contributed by atoms with Gasteiger partial charge in [-0.3, -0.25) is 14.9 Å². The zero-order valence-electron chi connectivity index (χ0n) is 14.9. The summed E-state index contributed by atoms with van der Waals surface area (Å²) in [5, 5.41) is 10.4. The van der Waals surface area contributed by atoms with Gasteiger partial charge in [0.2, 0.25) is 11.9 Å². The number of nitrogens with zero attached hydrogens (tertiary/aromatic N) is 3. The standard InChI is InChI=1S/C19H15Cl2N5O3/c20-12-5-13(21)7-14(6-12)24-18(28)9-29-15-3-1-2-11(4-15)16-8-17(27)25-19-22-10-23-26(16)19/h1-7,10,16H,8-9H2,(H,24,28)(H,22,23,25,27)/t16-/m1/s1. The molecule has 2 N–H and O–H groups in total. The van der Waals surface area contributed by atoms with E-state index in [0.29, 0.717) is 27.4 Å². The minimum absolute atomic E-state index is 0.138. The van der Waals surface area contributed by atoms with Crippen LogP contribution in [0.4, 0.5) is 11.6 Å². The summed E-state index contributed by atoms with van der Waals surface area (Å²) in [4.78, 5) is 28.1. The van der Waals surface area contributed by atoms with Gasteiger partial charge >= 0.3 is 0 Å². The summed E-state index contributed by atoms with van der Waals surface area (Å²) in [7, 11) is 0. The number of aromatic nitrogens is 3. The molecule has 0 unspecified atom stereocenters. The van der Waals surface area contributed by atoms with E-state index in [1.54, 1.807) is 41.1 Å². The van der Waals surface area contributed by atoms with Crippen LogP contribution in [0.2, 0.25) is 10.0 Å². The number of carbonyl (C=O) groups is 2. The number of hydrogen-bond acceptors (Lipinski definition) is 5. The first kappa shape index (κ1) is 19.2. The van der Waals surface area contributed by atoms with Crippen LogP contribution in [0, 0.1) is 0 Å². The SMILES string of the molecule is O=C(COc1cccc([C@H]2CC(=O)Nc3ncnn32)c1)Nc1cc(Cl)cc(Cl)c1. The molecular formula is C19H15Cl2N5O3. The molecule has 1 atom stereocenters. The molecule has 8 nitrogen and oxygen atoms in total. The van der Waals surface area contributed by atoms with Crippen molar-refractivity contribution in [2.45, 2.75) is 12.5 Å². The number of hydrogen-bond donors (Lipinski definition) is 2. The van der Waals surface area contributed by atoms with Crippen LogP contribution in [-0.4, -0.2) is 33.2 Å². The monoisotopic (exact) mass is 431 g/mol. The van der Waals surface area contributed by atoms with Crippen molar-refractivity contribution in [1.29, 1.82) is 0 Å². The molecule has 1 aromatic heterocycles. The highest BCUT2D eigenvalue weighted by Gasteiger charge is 2.27. The Morgan fingerprint density at radius 1 is 1.24 bits per heavy atom. The van der Waals surface area contributed by atoms with Crippen molar-refractivity contribution >= 4 is 46.7 Å². The molecule has 148 valence electrons. The van der Waals surface area contributed by atoms with Crippen molar-refractivity contribution < 1.29 is 14.3 Å². The van der Waals surface area contributed by atoms with Gasteiger partial charge in [0.25, 0.3) is 5.91 Å². The topological polar surface area (TPSA) is 98.1 Å². The summed E-state index contributed by atoms with van der Waals surface area (Å²) in [6, 6.07) is 11.6. The van der Waals surface area contributed by atoms with E-state index in [1.165, 1.54) is 6.33 Å². The number of amides is 2. The van der Waals surface area contributed by atoms with E-state index in [4.69, 9.17) is 27.9 Å². The third-order valence-electron chi connectivity index (χ3n) is 4.26. The van der Waals surface area contributed by atoms with Gasteiger partial charge in [0.1, 0.15) is 12.1 Å². The van der Waals surface area contributed by atoms with Crippen LogP contribution < -0.4 is 15.4 Å². The number of halogens is 2. The Morgan fingerprint density at radius 2 is 2.03 bits per heavy atom. The van der Waals surface area contributed by atoms with E-state index in [9.17, 15) is 9.59 Å². The maximum Gasteiger partial charge on any atom is 0.262 e. The molecule has 0 aliphatic carbocycles. The Bertz CT molecular complexity index is 1060. The number of benzene rings is 2. The van der Waals surface area contributed by atoms with Gasteiger partial charge in [-0.15, -0.1) is 0 Å². The lowest BCUT2D eigenvalue weighted by atomic mass is 10.0. The lowest BCUT2D eigenvalue weighted by Crippen LogP contribution is -2.29. The molecular weight excluding hydrogens is 417 g/mol. The second kappa shape index (κ2) is 8.10. The number of rotatable bonds is 5. The van der Waals surface area contributed by atoms with E-state index in [2.05, 4.69) is 20.7 Å².